The molecule has 2 aromatic heterocycles. The molecule has 1 N–H and O–H groups in total. The molecular formula is C13H16N4OS. The van der Waals surface area contributed by atoms with Crippen molar-refractivity contribution in [2.24, 2.45) is 0 Å². The van der Waals surface area contributed by atoms with E-state index in [0.29, 0.717) is 0 Å². The van der Waals surface area contributed by atoms with Crippen molar-refractivity contribution in [3.8, 4) is 0 Å². The van der Waals surface area contributed by atoms with Crippen LogP contribution in [0.1, 0.15) is 45.5 Å². The number of aromatic nitrogens is 3. The first-order chi connectivity index (χ1) is 9.18. The second-order valence-electron chi connectivity index (χ2n) is 4.89. The van der Waals surface area contributed by atoms with Gasteiger partial charge in [-0.2, -0.15) is 5.10 Å². The smallest absolute Gasteiger partial charge is 0.266 e. The number of thiazole rings is 1. The average Bonchev–Trinajstić information content (AvgIpc) is 3.07. The molecule has 2 aromatic rings. The third kappa shape index (κ3) is 2.06. The van der Waals surface area contributed by atoms with Crippen LogP contribution in [0.25, 0.3) is 0 Å². The number of hydrogen-bond acceptors (Lipinski definition) is 4. The van der Waals surface area contributed by atoms with Crippen molar-refractivity contribution in [1.29, 1.82) is 0 Å². The van der Waals surface area contributed by atoms with Gasteiger partial charge in [0, 0.05) is 6.54 Å². The van der Waals surface area contributed by atoms with Gasteiger partial charge in [-0.3, -0.25) is 9.89 Å². The number of H-pyrrole nitrogens is 1. The molecule has 1 amide bonds. The molecule has 0 bridgehead atoms. The van der Waals surface area contributed by atoms with Gasteiger partial charge < -0.3 is 4.90 Å². The molecule has 0 radical (unpaired) electrons. The van der Waals surface area contributed by atoms with Crippen LogP contribution in [0.3, 0.4) is 0 Å². The summed E-state index contributed by atoms with van der Waals surface area (Å²) >= 11 is 1.42. The fourth-order valence-corrected chi connectivity index (χ4v) is 3.40. The lowest BCUT2D eigenvalue weighted by molar-refractivity contribution is 0.0736. The SMILES string of the molecule is Cc1cn[nH]c1[C@@H]1CCCN1C(=O)c1scnc1C. The Morgan fingerprint density at radius 1 is 1.53 bits per heavy atom. The topological polar surface area (TPSA) is 61.9 Å². The number of aromatic amines is 1. The maximum absolute atomic E-state index is 12.6. The molecule has 3 heterocycles. The number of nitrogens with one attached hydrogen (secondary N) is 1. The van der Waals surface area contributed by atoms with Crippen molar-refractivity contribution in [1.82, 2.24) is 20.1 Å². The highest BCUT2D eigenvalue weighted by molar-refractivity contribution is 7.11. The van der Waals surface area contributed by atoms with Gasteiger partial charge in [0.1, 0.15) is 4.88 Å². The molecule has 0 saturated carbocycles. The molecular weight excluding hydrogens is 260 g/mol. The molecule has 6 heteroatoms. The number of carbonyl (C=O) groups is 1. The van der Waals surface area contributed by atoms with Gasteiger partial charge in [0.05, 0.1) is 29.1 Å². The normalized spacial score (nSPS) is 19.1. The van der Waals surface area contributed by atoms with Gasteiger partial charge in [-0.05, 0) is 32.3 Å². The lowest BCUT2D eigenvalue weighted by Gasteiger charge is -2.24. The third-order valence-electron chi connectivity index (χ3n) is 3.65. The van der Waals surface area contributed by atoms with Crippen molar-refractivity contribution in [3.05, 3.63) is 33.5 Å². The van der Waals surface area contributed by atoms with Crippen molar-refractivity contribution in [3.63, 3.8) is 0 Å². The van der Waals surface area contributed by atoms with Crippen LogP contribution in [0.4, 0.5) is 0 Å². The lowest BCUT2D eigenvalue weighted by Crippen LogP contribution is -2.31. The molecule has 0 aromatic carbocycles. The van der Waals surface area contributed by atoms with Gasteiger partial charge >= 0.3 is 0 Å². The number of nitrogens with zero attached hydrogens (tertiary/aromatic N) is 3. The Kier molecular flexibility index (Phi) is 3.10. The van der Waals surface area contributed by atoms with Crippen LogP contribution in [-0.2, 0) is 0 Å². The van der Waals surface area contributed by atoms with Crippen molar-refractivity contribution < 1.29 is 4.79 Å². The summed E-state index contributed by atoms with van der Waals surface area (Å²) in [5.74, 6) is 0.0940. The molecule has 1 aliphatic heterocycles. The minimum Gasteiger partial charge on any atom is -0.329 e. The second-order valence-corrected chi connectivity index (χ2v) is 5.74. The van der Waals surface area contributed by atoms with Crippen LogP contribution in [0.2, 0.25) is 0 Å². The van der Waals surface area contributed by atoms with Crippen molar-refractivity contribution >= 4 is 17.2 Å². The second kappa shape index (κ2) is 4.77. The number of amides is 1. The molecule has 100 valence electrons. The van der Waals surface area contributed by atoms with E-state index in [9.17, 15) is 4.79 Å². The highest BCUT2D eigenvalue weighted by atomic mass is 32.1. The maximum atomic E-state index is 12.6. The average molecular weight is 276 g/mol. The van der Waals surface area contributed by atoms with Gasteiger partial charge in [-0.25, -0.2) is 4.98 Å². The van der Waals surface area contributed by atoms with Crippen LogP contribution in [0, 0.1) is 13.8 Å². The van der Waals surface area contributed by atoms with Crippen LogP contribution >= 0.6 is 11.3 Å². The predicted molar refractivity (Wildman–Crippen MR) is 73.2 cm³/mol. The summed E-state index contributed by atoms with van der Waals surface area (Å²) in [5, 5.41) is 7.10. The number of hydrogen-bond donors (Lipinski definition) is 1. The first-order valence-electron chi connectivity index (χ1n) is 6.39. The standard InChI is InChI=1S/C13H16N4OS/c1-8-6-15-16-11(8)10-4-3-5-17(10)13(18)12-9(2)14-7-19-12/h6-7,10H,3-5H2,1-2H3,(H,15,16)/t10-/m0/s1. The summed E-state index contributed by atoms with van der Waals surface area (Å²) in [6.07, 6.45) is 3.84. The summed E-state index contributed by atoms with van der Waals surface area (Å²) in [4.78, 5) is 19.5. The molecule has 1 saturated heterocycles. The maximum Gasteiger partial charge on any atom is 0.266 e. The Hall–Kier alpha value is -1.69. The van der Waals surface area contributed by atoms with E-state index in [2.05, 4.69) is 15.2 Å². The third-order valence-corrected chi connectivity index (χ3v) is 4.57. The van der Waals surface area contributed by atoms with Gasteiger partial charge in [0.25, 0.3) is 5.91 Å². The van der Waals surface area contributed by atoms with E-state index in [1.54, 1.807) is 5.51 Å². The van der Waals surface area contributed by atoms with Crippen LogP contribution in [-0.4, -0.2) is 32.5 Å². The van der Waals surface area contributed by atoms with E-state index in [1.165, 1.54) is 11.3 Å². The Bertz CT molecular complexity index is 603. The van der Waals surface area contributed by atoms with Gasteiger partial charge in [0.15, 0.2) is 0 Å². The van der Waals surface area contributed by atoms with Gasteiger partial charge in [-0.1, -0.05) is 0 Å². The monoisotopic (exact) mass is 276 g/mol. The van der Waals surface area contributed by atoms with Crippen molar-refractivity contribution in [2.45, 2.75) is 32.7 Å². The minimum absolute atomic E-state index is 0.0940. The molecule has 0 aliphatic carbocycles. The van der Waals surface area contributed by atoms with Gasteiger partial charge in [0.2, 0.25) is 0 Å². The molecule has 1 fully saturated rings. The highest BCUT2D eigenvalue weighted by Gasteiger charge is 2.33. The van der Waals surface area contributed by atoms with Crippen LogP contribution in [0.5, 0.6) is 0 Å². The van der Waals surface area contributed by atoms with E-state index < -0.39 is 0 Å². The van der Waals surface area contributed by atoms with Crippen LogP contribution in [0.15, 0.2) is 11.7 Å². The van der Waals surface area contributed by atoms with E-state index in [-0.39, 0.29) is 11.9 Å². The first-order valence-corrected chi connectivity index (χ1v) is 7.27. The Morgan fingerprint density at radius 2 is 2.37 bits per heavy atom. The van der Waals surface area contributed by atoms with E-state index in [4.69, 9.17) is 0 Å². The predicted octanol–water partition coefficient (Wildman–Crippen LogP) is 2.46. The summed E-state index contributed by atoms with van der Waals surface area (Å²) in [7, 11) is 0. The molecule has 0 spiro atoms. The van der Waals surface area contributed by atoms with Crippen molar-refractivity contribution in [2.75, 3.05) is 6.54 Å². The minimum atomic E-state index is 0.0940. The summed E-state index contributed by atoms with van der Waals surface area (Å²) in [6.45, 7) is 4.72. The number of rotatable bonds is 2. The summed E-state index contributed by atoms with van der Waals surface area (Å²) in [6, 6.07) is 0.122. The Balaban J connectivity index is 1.90. The zero-order valence-electron chi connectivity index (χ0n) is 11.0. The first kappa shape index (κ1) is 12.3. The molecule has 1 aliphatic rings. The zero-order chi connectivity index (χ0) is 13.4. The summed E-state index contributed by atoms with van der Waals surface area (Å²) in [5.41, 5.74) is 4.73. The van der Waals surface area contributed by atoms with E-state index >= 15 is 0 Å². The Morgan fingerprint density at radius 3 is 3.00 bits per heavy atom. The van der Waals surface area contributed by atoms with Gasteiger partial charge in [-0.15, -0.1) is 11.3 Å². The zero-order valence-corrected chi connectivity index (χ0v) is 11.8. The summed E-state index contributed by atoms with van der Waals surface area (Å²) < 4.78 is 0. The van der Waals surface area contributed by atoms with E-state index in [1.807, 2.05) is 24.9 Å². The number of likely N-dealkylation sites (tertiary alicyclic amines) is 1. The highest BCUT2D eigenvalue weighted by Crippen LogP contribution is 2.34. The fourth-order valence-electron chi connectivity index (χ4n) is 2.64. The quantitative estimate of drug-likeness (QED) is 0.916. The van der Waals surface area contributed by atoms with Crippen LogP contribution < -0.4 is 0 Å². The molecule has 3 rings (SSSR count). The number of carbonyl (C=O) groups excluding carboxylic acids is 1. The largest absolute Gasteiger partial charge is 0.329 e. The molecule has 1 atom stereocenters. The molecule has 19 heavy (non-hydrogen) atoms. The fraction of sp³-hybridized carbons (Fsp3) is 0.462. The number of aryl methyl sites for hydroxylation is 2. The lowest BCUT2D eigenvalue weighted by atomic mass is 10.1. The molecule has 5 nitrogen and oxygen atoms in total. The molecule has 0 unspecified atom stereocenters. The van der Waals surface area contributed by atoms with E-state index in [0.717, 1.165) is 41.2 Å². The Labute approximate surface area is 115 Å².